The number of hydrogen-bond donors (Lipinski definition) is 1. The number of hydrogen-bond acceptors (Lipinski definition) is 7. The first-order valence-corrected chi connectivity index (χ1v) is 8.82. The van der Waals surface area contributed by atoms with Crippen LogP contribution in [0.5, 0.6) is 0 Å². The van der Waals surface area contributed by atoms with Gasteiger partial charge in [0.15, 0.2) is 5.31 Å². The van der Waals surface area contributed by atoms with Gasteiger partial charge in [0.05, 0.1) is 20.3 Å². The molecular weight excluding hydrogens is 339 g/mol. The van der Waals surface area contributed by atoms with Crippen LogP contribution in [0.4, 0.5) is 0 Å². The number of pyridine rings is 1. The van der Waals surface area contributed by atoms with E-state index in [-0.39, 0.29) is 18.5 Å². The summed E-state index contributed by atoms with van der Waals surface area (Å²) in [5.41, 5.74) is 0.693. The van der Waals surface area contributed by atoms with E-state index in [1.807, 2.05) is 0 Å². The van der Waals surface area contributed by atoms with Gasteiger partial charge in [0.1, 0.15) is 4.99 Å². The smallest absolute Gasteiger partial charge is 0.370 e. The summed E-state index contributed by atoms with van der Waals surface area (Å²) in [6.45, 7) is 3.52. The Morgan fingerprint density at radius 2 is 1.87 bits per heavy atom. The number of rotatable bonds is 8. The van der Waals surface area contributed by atoms with Crippen molar-refractivity contribution in [2.24, 2.45) is 0 Å². The van der Waals surface area contributed by atoms with E-state index >= 15 is 0 Å². The Labute approximate surface area is 140 Å². The summed E-state index contributed by atoms with van der Waals surface area (Å²) in [6, 6.07) is 3.40. The summed E-state index contributed by atoms with van der Waals surface area (Å²) in [4.78, 5) is 16.2. The second kappa shape index (κ2) is 9.52. The molecule has 1 aromatic rings. The summed E-state index contributed by atoms with van der Waals surface area (Å²) < 4.78 is 27.7. The van der Waals surface area contributed by atoms with Crippen molar-refractivity contribution in [3.63, 3.8) is 0 Å². The Morgan fingerprint density at radius 3 is 2.35 bits per heavy atom. The molecule has 0 fully saturated rings. The van der Waals surface area contributed by atoms with Gasteiger partial charge in [-0.25, -0.2) is 4.79 Å². The van der Waals surface area contributed by atoms with E-state index in [4.69, 9.17) is 21.3 Å². The monoisotopic (exact) mass is 358 g/mol. The molecule has 1 N–H and O–H groups in total. The molecule has 0 aromatic carbocycles. The van der Waals surface area contributed by atoms with Crippen LogP contribution in [-0.2, 0) is 23.1 Å². The largest absolute Gasteiger partial charge is 0.465 e. The van der Waals surface area contributed by atoms with E-state index in [2.05, 4.69) is 15.0 Å². The first kappa shape index (κ1) is 19.4. The number of esters is 1. The number of ether oxygens (including phenoxy) is 1. The van der Waals surface area contributed by atoms with E-state index < -0.39 is 13.6 Å². The highest BCUT2D eigenvalue weighted by atomic mass is 32.1. The fourth-order valence-corrected chi connectivity index (χ4v) is 3.36. The molecular formula is C14H19N2O5PS. The predicted octanol–water partition coefficient (Wildman–Crippen LogP) is 2.63. The molecule has 1 aromatic heterocycles. The maximum atomic E-state index is 12.8. The van der Waals surface area contributed by atoms with Crippen molar-refractivity contribution in [3.8, 4) is 0 Å². The first-order chi connectivity index (χ1) is 11.0. The van der Waals surface area contributed by atoms with Gasteiger partial charge >= 0.3 is 13.6 Å². The lowest BCUT2D eigenvalue weighted by Gasteiger charge is -2.18. The normalized spacial score (nSPS) is 11.9. The van der Waals surface area contributed by atoms with Crippen molar-refractivity contribution < 1.29 is 23.1 Å². The summed E-state index contributed by atoms with van der Waals surface area (Å²) in [6.07, 6.45) is 4.36. The van der Waals surface area contributed by atoms with Gasteiger partial charge in [0.2, 0.25) is 0 Å². The Bertz CT molecular complexity index is 611. The van der Waals surface area contributed by atoms with Gasteiger partial charge < -0.3 is 19.1 Å². The molecule has 23 heavy (non-hydrogen) atoms. The zero-order valence-electron chi connectivity index (χ0n) is 13.1. The fraction of sp³-hybridized carbons (Fsp3) is 0.357. The van der Waals surface area contributed by atoms with E-state index in [0.717, 1.165) is 0 Å². The molecule has 1 heterocycles. The molecule has 0 aliphatic rings. The van der Waals surface area contributed by atoms with Crippen molar-refractivity contribution in [1.29, 1.82) is 0 Å². The quantitative estimate of drug-likeness (QED) is 0.328. The third kappa shape index (κ3) is 5.51. The lowest BCUT2D eigenvalue weighted by Crippen LogP contribution is -2.19. The van der Waals surface area contributed by atoms with Gasteiger partial charge in [-0.1, -0.05) is 12.2 Å². The van der Waals surface area contributed by atoms with Crippen molar-refractivity contribution in [3.05, 3.63) is 41.6 Å². The topological polar surface area (TPSA) is 86.8 Å². The number of thiocarbonyl (C=S) groups is 1. The molecule has 0 atom stereocenters. The zero-order valence-corrected chi connectivity index (χ0v) is 14.9. The number of nitrogens with one attached hydrogen (secondary N) is 1. The van der Waals surface area contributed by atoms with Gasteiger partial charge in [-0.2, -0.15) is 0 Å². The third-order valence-electron chi connectivity index (χ3n) is 2.57. The second-order valence-electron chi connectivity index (χ2n) is 4.06. The molecule has 0 amide bonds. The second-order valence-corrected chi connectivity index (χ2v) is 6.46. The molecule has 7 nitrogen and oxygen atoms in total. The highest BCUT2D eigenvalue weighted by molar-refractivity contribution is 7.80. The van der Waals surface area contributed by atoms with Gasteiger partial charge in [-0.3, -0.25) is 9.55 Å². The van der Waals surface area contributed by atoms with Crippen LogP contribution in [0.2, 0.25) is 0 Å². The Morgan fingerprint density at radius 1 is 1.30 bits per heavy atom. The van der Waals surface area contributed by atoms with Crippen LogP contribution in [0, 0.1) is 0 Å². The van der Waals surface area contributed by atoms with E-state index in [1.165, 1.54) is 13.3 Å². The van der Waals surface area contributed by atoms with Gasteiger partial charge in [-0.05, 0) is 26.0 Å². The maximum Gasteiger partial charge on any atom is 0.370 e. The Balaban J connectivity index is 3.08. The van der Waals surface area contributed by atoms with Crippen LogP contribution in [0.1, 0.15) is 19.4 Å². The van der Waals surface area contributed by atoms with Crippen LogP contribution in [0.15, 0.2) is 36.0 Å². The van der Waals surface area contributed by atoms with Gasteiger partial charge in [0.25, 0.3) is 0 Å². The molecule has 1 rings (SSSR count). The van der Waals surface area contributed by atoms with E-state index in [1.54, 1.807) is 38.4 Å². The van der Waals surface area contributed by atoms with Crippen LogP contribution in [0.3, 0.4) is 0 Å². The minimum Gasteiger partial charge on any atom is -0.465 e. The molecule has 0 unspecified atom stereocenters. The Kier molecular flexibility index (Phi) is 8.05. The predicted molar refractivity (Wildman–Crippen MR) is 90.0 cm³/mol. The minimum absolute atomic E-state index is 0.112. The van der Waals surface area contributed by atoms with Crippen LogP contribution in [-0.4, -0.2) is 36.3 Å². The number of carbonyl (C=O) groups excluding carboxylic acids is 1. The zero-order chi connectivity index (χ0) is 17.3. The van der Waals surface area contributed by atoms with Crippen LogP contribution in [0.25, 0.3) is 0 Å². The van der Waals surface area contributed by atoms with E-state index in [0.29, 0.717) is 10.6 Å². The molecule has 0 radical (unpaired) electrons. The van der Waals surface area contributed by atoms with Gasteiger partial charge in [0, 0.05) is 24.2 Å². The number of carbonyl (C=O) groups is 1. The molecule has 9 heteroatoms. The van der Waals surface area contributed by atoms with Crippen LogP contribution < -0.4 is 5.32 Å². The van der Waals surface area contributed by atoms with Crippen LogP contribution >= 0.6 is 19.8 Å². The number of nitrogens with zero attached hydrogens (tertiary/aromatic N) is 1. The number of methoxy groups -OCH3 is 1. The third-order valence-corrected chi connectivity index (χ3v) is 5.02. The summed E-state index contributed by atoms with van der Waals surface area (Å²) in [5, 5.41) is 2.50. The minimum atomic E-state index is -3.80. The average molecular weight is 358 g/mol. The average Bonchev–Trinajstić information content (AvgIpc) is 2.55. The standard InChI is InChI=1S/C14H19N2O5PS/c1-4-20-22(18,21-5-2)12(14(17)19-3)10-16-13(23)11-6-8-15-9-7-11/h6-10H,4-5H2,1-3H3,(H,16,23)/b12-10+. The van der Waals surface area contributed by atoms with Crippen molar-refractivity contribution in [2.75, 3.05) is 20.3 Å². The number of aromatic nitrogens is 1. The molecule has 0 spiro atoms. The molecule has 0 saturated carbocycles. The molecule has 0 saturated heterocycles. The van der Waals surface area contributed by atoms with Gasteiger partial charge in [-0.15, -0.1) is 0 Å². The van der Waals surface area contributed by atoms with Crippen molar-refractivity contribution in [1.82, 2.24) is 10.3 Å². The van der Waals surface area contributed by atoms with Crippen molar-refractivity contribution >= 4 is 30.8 Å². The summed E-state index contributed by atoms with van der Waals surface area (Å²) in [7, 11) is -2.62. The molecule has 0 aliphatic heterocycles. The highest BCUT2D eigenvalue weighted by Crippen LogP contribution is 2.56. The molecule has 0 bridgehead atoms. The first-order valence-electron chi connectivity index (χ1n) is 6.87. The Hall–Kier alpha value is -1.60. The maximum absolute atomic E-state index is 12.8. The van der Waals surface area contributed by atoms with Crippen molar-refractivity contribution in [2.45, 2.75) is 13.8 Å². The molecule has 0 aliphatic carbocycles. The summed E-state index contributed by atoms with van der Waals surface area (Å²) >= 11 is 5.21. The highest BCUT2D eigenvalue weighted by Gasteiger charge is 2.36. The van der Waals surface area contributed by atoms with E-state index in [9.17, 15) is 9.36 Å². The lowest BCUT2D eigenvalue weighted by molar-refractivity contribution is -0.135. The fourth-order valence-electron chi connectivity index (χ4n) is 1.59. The lowest BCUT2D eigenvalue weighted by atomic mass is 10.3. The summed E-state index contributed by atoms with van der Waals surface area (Å²) in [5.74, 6) is -0.819. The SMILES string of the molecule is CCOP(=O)(OCC)/C(=C/NC(=S)c1ccncc1)C(=O)OC. The molecule has 126 valence electrons.